The summed E-state index contributed by atoms with van der Waals surface area (Å²) in [6.07, 6.45) is 9.09. The molecule has 1 rings (SSSR count). The maximum atomic E-state index is 4.57. The Balaban J connectivity index is 0. The van der Waals surface area contributed by atoms with E-state index in [4.69, 9.17) is 0 Å². The van der Waals surface area contributed by atoms with Crippen molar-refractivity contribution in [2.75, 3.05) is 13.2 Å². The zero-order valence-corrected chi connectivity index (χ0v) is 11.2. The molecule has 1 fully saturated rings. The molecule has 2 nitrogen and oxygen atoms in total. The van der Waals surface area contributed by atoms with Crippen molar-refractivity contribution in [1.82, 2.24) is 0 Å². The van der Waals surface area contributed by atoms with Crippen LogP contribution in [0.4, 0.5) is 0 Å². The fourth-order valence-corrected chi connectivity index (χ4v) is 0.940. The normalized spacial score (nSPS) is 14.4. The van der Waals surface area contributed by atoms with Crippen LogP contribution in [0.5, 0.6) is 0 Å². The maximum Gasteiger partial charge on any atom is 0.0823 e. The highest BCUT2D eigenvalue weighted by molar-refractivity contribution is 4.36. The Bertz CT molecular complexity index is 65.1. The van der Waals surface area contributed by atoms with Gasteiger partial charge in [0.1, 0.15) is 0 Å². The van der Waals surface area contributed by atoms with E-state index in [1.165, 1.54) is 32.1 Å². The lowest BCUT2D eigenvalue weighted by molar-refractivity contribution is -0.312. The predicted molar refractivity (Wildman–Crippen MR) is 66.9 cm³/mol. The first-order valence-electron chi connectivity index (χ1n) is 6.57. The molecule has 0 amide bonds. The van der Waals surface area contributed by atoms with Crippen molar-refractivity contribution in [2.45, 2.75) is 72.6 Å². The number of hydrogen-bond donors (Lipinski definition) is 0. The van der Waals surface area contributed by atoms with Crippen LogP contribution in [-0.4, -0.2) is 13.2 Å². The van der Waals surface area contributed by atoms with Crippen LogP contribution in [0.3, 0.4) is 0 Å². The highest BCUT2D eigenvalue weighted by atomic mass is 17.2. The molecule has 0 aromatic heterocycles. The van der Waals surface area contributed by atoms with Gasteiger partial charge in [-0.2, -0.15) is 0 Å². The summed E-state index contributed by atoms with van der Waals surface area (Å²) in [4.78, 5) is 9.14. The molecule has 1 aliphatic rings. The van der Waals surface area contributed by atoms with Crippen LogP contribution < -0.4 is 0 Å². The average Bonchev–Trinajstić information content (AvgIpc) is 2.30. The molecular formula is C13H30O2. The third-order valence-corrected chi connectivity index (χ3v) is 1.75. The largest absolute Gasteiger partial charge is 0.237 e. The van der Waals surface area contributed by atoms with E-state index in [1.54, 1.807) is 0 Å². The summed E-state index contributed by atoms with van der Waals surface area (Å²) in [7, 11) is 0. The van der Waals surface area contributed by atoms with E-state index in [9.17, 15) is 0 Å². The number of unbranched alkanes of at least 4 members (excludes halogenated alkanes) is 3. The van der Waals surface area contributed by atoms with Gasteiger partial charge in [-0.05, 0) is 12.8 Å². The molecule has 1 heterocycles. The molecular weight excluding hydrogens is 188 g/mol. The van der Waals surface area contributed by atoms with E-state index in [0.717, 1.165) is 26.1 Å². The highest BCUT2D eigenvalue weighted by Gasteiger charge is 1.95. The zero-order valence-electron chi connectivity index (χ0n) is 11.2. The number of rotatable bonds is 3. The first-order chi connectivity index (χ1) is 7.33. The van der Waals surface area contributed by atoms with E-state index in [-0.39, 0.29) is 0 Å². The van der Waals surface area contributed by atoms with Gasteiger partial charge in [-0.15, -0.1) is 0 Å². The van der Waals surface area contributed by atoms with Gasteiger partial charge in [0.05, 0.1) is 13.2 Å². The average molecular weight is 218 g/mol. The molecule has 0 atom stereocenters. The number of hydrogen-bond acceptors (Lipinski definition) is 2. The minimum absolute atomic E-state index is 0.778. The van der Waals surface area contributed by atoms with E-state index in [1.807, 2.05) is 0 Å². The Kier molecular flexibility index (Phi) is 22.5. The first-order valence-corrected chi connectivity index (χ1v) is 6.57. The van der Waals surface area contributed by atoms with Gasteiger partial charge >= 0.3 is 0 Å². The van der Waals surface area contributed by atoms with Gasteiger partial charge in [-0.1, -0.05) is 59.8 Å². The molecule has 2 heteroatoms. The standard InChI is InChI=1S/C6H14.C4H8O2.C3H8/c1-3-5-6-4-2;1-2-4-6-5-3-1;1-3-2/h3-6H2,1-2H3;1-4H2;3H2,1-2H3. The van der Waals surface area contributed by atoms with Gasteiger partial charge in [-0.3, -0.25) is 0 Å². The van der Waals surface area contributed by atoms with Crippen molar-refractivity contribution in [1.29, 1.82) is 0 Å². The van der Waals surface area contributed by atoms with Gasteiger partial charge < -0.3 is 0 Å². The van der Waals surface area contributed by atoms with E-state index < -0.39 is 0 Å². The Morgan fingerprint density at radius 1 is 0.733 bits per heavy atom. The maximum absolute atomic E-state index is 4.57. The van der Waals surface area contributed by atoms with Crippen LogP contribution in [0.25, 0.3) is 0 Å². The second-order valence-corrected chi connectivity index (χ2v) is 3.77. The predicted octanol–water partition coefficient (Wildman–Crippen LogP) is 4.73. The molecule has 0 aromatic carbocycles. The van der Waals surface area contributed by atoms with Crippen LogP contribution in [0.2, 0.25) is 0 Å². The van der Waals surface area contributed by atoms with E-state index >= 15 is 0 Å². The van der Waals surface area contributed by atoms with Crippen LogP contribution in [-0.2, 0) is 9.78 Å². The van der Waals surface area contributed by atoms with Gasteiger partial charge in [-0.25, -0.2) is 9.78 Å². The van der Waals surface area contributed by atoms with Crippen LogP contribution in [0, 0.1) is 0 Å². The van der Waals surface area contributed by atoms with Gasteiger partial charge in [0.2, 0.25) is 0 Å². The lowest BCUT2D eigenvalue weighted by atomic mass is 10.2. The molecule has 1 saturated heterocycles. The summed E-state index contributed by atoms with van der Waals surface area (Å²) in [5, 5.41) is 0. The third kappa shape index (κ3) is 24.9. The molecule has 0 radical (unpaired) electrons. The topological polar surface area (TPSA) is 18.5 Å². The van der Waals surface area contributed by atoms with Crippen LogP contribution >= 0.6 is 0 Å². The zero-order chi connectivity index (χ0) is 11.8. The first kappa shape index (κ1) is 17.3. The molecule has 0 saturated carbocycles. The van der Waals surface area contributed by atoms with Gasteiger partial charge in [0, 0.05) is 0 Å². The van der Waals surface area contributed by atoms with Crippen LogP contribution in [0.15, 0.2) is 0 Å². The third-order valence-electron chi connectivity index (χ3n) is 1.75. The second-order valence-electron chi connectivity index (χ2n) is 3.77. The Morgan fingerprint density at radius 2 is 1.07 bits per heavy atom. The summed E-state index contributed by atoms with van der Waals surface area (Å²) in [6.45, 7) is 10.3. The Labute approximate surface area is 96.3 Å². The minimum atomic E-state index is 0.778. The minimum Gasteiger partial charge on any atom is -0.237 e. The lowest BCUT2D eigenvalue weighted by Gasteiger charge is -2.07. The molecule has 1 aliphatic heterocycles. The molecule has 15 heavy (non-hydrogen) atoms. The fourth-order valence-electron chi connectivity index (χ4n) is 0.940. The summed E-state index contributed by atoms with van der Waals surface area (Å²) in [5.74, 6) is 0. The van der Waals surface area contributed by atoms with Crippen molar-refractivity contribution in [3.8, 4) is 0 Å². The van der Waals surface area contributed by atoms with E-state index in [2.05, 4.69) is 37.5 Å². The molecule has 0 spiro atoms. The smallest absolute Gasteiger partial charge is 0.0823 e. The fraction of sp³-hybridized carbons (Fsp3) is 1.00. The Hall–Kier alpha value is -0.0800. The van der Waals surface area contributed by atoms with Crippen LogP contribution in [0.1, 0.15) is 72.6 Å². The SMILES string of the molecule is C1CCOOC1.CCC.CCCCCC. The monoisotopic (exact) mass is 218 g/mol. The summed E-state index contributed by atoms with van der Waals surface area (Å²) in [6, 6.07) is 0. The lowest BCUT2D eigenvalue weighted by Crippen LogP contribution is -2.05. The summed E-state index contributed by atoms with van der Waals surface area (Å²) < 4.78 is 0. The molecule has 94 valence electrons. The van der Waals surface area contributed by atoms with Gasteiger partial charge in [0.25, 0.3) is 0 Å². The molecule has 0 N–H and O–H groups in total. The van der Waals surface area contributed by atoms with E-state index in [0.29, 0.717) is 0 Å². The van der Waals surface area contributed by atoms with Crippen molar-refractivity contribution in [3.63, 3.8) is 0 Å². The summed E-state index contributed by atoms with van der Waals surface area (Å²) in [5.41, 5.74) is 0. The van der Waals surface area contributed by atoms with Gasteiger partial charge in [0.15, 0.2) is 0 Å². The molecule has 0 unspecified atom stereocenters. The van der Waals surface area contributed by atoms with Crippen molar-refractivity contribution in [3.05, 3.63) is 0 Å². The Morgan fingerprint density at radius 3 is 1.20 bits per heavy atom. The quantitative estimate of drug-likeness (QED) is 0.503. The van der Waals surface area contributed by atoms with Crippen molar-refractivity contribution >= 4 is 0 Å². The highest BCUT2D eigenvalue weighted by Crippen LogP contribution is 1.97. The van der Waals surface area contributed by atoms with Crippen molar-refractivity contribution in [2.24, 2.45) is 0 Å². The molecule has 0 bridgehead atoms. The summed E-state index contributed by atoms with van der Waals surface area (Å²) >= 11 is 0. The molecule has 0 aromatic rings. The second kappa shape index (κ2) is 19.5. The van der Waals surface area contributed by atoms with Crippen molar-refractivity contribution < 1.29 is 9.78 Å². The molecule has 0 aliphatic carbocycles.